The van der Waals surface area contributed by atoms with Crippen LogP contribution in [0, 0.1) is 10.1 Å². The molecule has 146 valence electrons. The van der Waals surface area contributed by atoms with Crippen molar-refractivity contribution in [2.75, 3.05) is 0 Å². The summed E-state index contributed by atoms with van der Waals surface area (Å²) in [6, 6.07) is 24.5. The minimum absolute atomic E-state index is 0.0863. The Hall–Kier alpha value is -4.39. The van der Waals surface area contributed by atoms with E-state index < -0.39 is 10.5 Å². The number of carbonyl (C=O) groups excluding carboxylic acids is 1. The SMILES string of the molecule is O=C(c1ccccc1)c1cc(-c2ccc([N+](=O)[O-])cc2)c(=O)n(-c2ccccc2)n1. The molecule has 4 rings (SSSR count). The van der Waals surface area contributed by atoms with Gasteiger partial charge in [-0.1, -0.05) is 48.5 Å². The summed E-state index contributed by atoms with van der Waals surface area (Å²) in [5, 5.41) is 15.2. The molecule has 0 radical (unpaired) electrons. The molecule has 30 heavy (non-hydrogen) atoms. The van der Waals surface area contributed by atoms with Crippen LogP contribution in [0.25, 0.3) is 16.8 Å². The number of benzene rings is 3. The number of carbonyl (C=O) groups is 1. The highest BCUT2D eigenvalue weighted by Gasteiger charge is 2.18. The zero-order valence-electron chi connectivity index (χ0n) is 15.6. The van der Waals surface area contributed by atoms with Gasteiger partial charge in [0, 0.05) is 17.7 Å². The third kappa shape index (κ3) is 3.64. The summed E-state index contributed by atoms with van der Waals surface area (Å²) in [4.78, 5) is 36.6. The molecule has 0 aliphatic rings. The summed E-state index contributed by atoms with van der Waals surface area (Å²) < 4.78 is 1.17. The number of non-ortho nitro benzene ring substituents is 1. The molecule has 0 bridgehead atoms. The Bertz CT molecular complexity index is 1280. The van der Waals surface area contributed by atoms with Crippen molar-refractivity contribution in [2.24, 2.45) is 0 Å². The third-order valence-corrected chi connectivity index (χ3v) is 4.57. The van der Waals surface area contributed by atoms with Gasteiger partial charge in [0.1, 0.15) is 5.69 Å². The Morgan fingerprint density at radius 3 is 2.07 bits per heavy atom. The second-order valence-electron chi connectivity index (χ2n) is 6.49. The number of hydrogen-bond donors (Lipinski definition) is 0. The van der Waals surface area contributed by atoms with Crippen molar-refractivity contribution < 1.29 is 9.72 Å². The smallest absolute Gasteiger partial charge is 0.279 e. The predicted octanol–water partition coefficient (Wildman–Crippen LogP) is 4.04. The van der Waals surface area contributed by atoms with Crippen LogP contribution < -0.4 is 5.56 Å². The van der Waals surface area contributed by atoms with Gasteiger partial charge in [0.05, 0.1) is 16.2 Å². The number of para-hydroxylation sites is 1. The average molecular weight is 397 g/mol. The predicted molar refractivity (Wildman–Crippen MR) is 112 cm³/mol. The molecule has 1 aromatic heterocycles. The second kappa shape index (κ2) is 7.92. The maximum absolute atomic E-state index is 13.2. The van der Waals surface area contributed by atoms with E-state index in [2.05, 4.69) is 5.10 Å². The minimum atomic E-state index is -0.511. The molecule has 4 aromatic rings. The van der Waals surface area contributed by atoms with E-state index in [9.17, 15) is 19.7 Å². The van der Waals surface area contributed by atoms with Gasteiger partial charge in [0.25, 0.3) is 11.2 Å². The van der Waals surface area contributed by atoms with Gasteiger partial charge in [-0.2, -0.15) is 9.78 Å². The Kier molecular flexibility index (Phi) is 5.00. The summed E-state index contributed by atoms with van der Waals surface area (Å²) >= 11 is 0. The molecule has 0 aliphatic carbocycles. The van der Waals surface area contributed by atoms with Crippen LogP contribution in [0.15, 0.2) is 95.8 Å². The molecule has 0 unspecified atom stereocenters. The normalized spacial score (nSPS) is 10.5. The van der Waals surface area contributed by atoms with Crippen molar-refractivity contribution in [3.05, 3.63) is 123 Å². The fourth-order valence-electron chi connectivity index (χ4n) is 3.06. The highest BCUT2D eigenvalue weighted by atomic mass is 16.6. The minimum Gasteiger partial charge on any atom is -0.287 e. The number of aromatic nitrogens is 2. The van der Waals surface area contributed by atoms with Crippen molar-refractivity contribution in [1.29, 1.82) is 0 Å². The molecule has 0 aliphatic heterocycles. The second-order valence-corrected chi connectivity index (χ2v) is 6.49. The monoisotopic (exact) mass is 397 g/mol. The summed E-state index contributed by atoms with van der Waals surface area (Å²) in [6.07, 6.45) is 0. The lowest BCUT2D eigenvalue weighted by atomic mass is 10.0. The lowest BCUT2D eigenvalue weighted by molar-refractivity contribution is -0.384. The molecule has 3 aromatic carbocycles. The average Bonchev–Trinajstić information content (AvgIpc) is 2.80. The zero-order valence-corrected chi connectivity index (χ0v) is 15.6. The standard InChI is InChI=1S/C23H15N3O4/c27-22(17-7-3-1-4-8-17)21-15-20(16-11-13-19(14-12-16)26(29)30)23(28)25(24-21)18-9-5-2-6-10-18/h1-15H. The topological polar surface area (TPSA) is 95.1 Å². The van der Waals surface area contributed by atoms with Crippen LogP contribution in [-0.2, 0) is 0 Å². The van der Waals surface area contributed by atoms with E-state index in [-0.39, 0.29) is 22.7 Å². The van der Waals surface area contributed by atoms with E-state index in [4.69, 9.17) is 0 Å². The first-order chi connectivity index (χ1) is 14.5. The number of nitro benzene ring substituents is 1. The first-order valence-corrected chi connectivity index (χ1v) is 9.09. The molecule has 0 spiro atoms. The van der Waals surface area contributed by atoms with Gasteiger partial charge in [-0.25, -0.2) is 0 Å². The van der Waals surface area contributed by atoms with E-state index in [1.165, 1.54) is 35.0 Å². The summed E-state index contributed by atoms with van der Waals surface area (Å²) in [5.41, 5.74) is 1.21. The van der Waals surface area contributed by atoms with Crippen LogP contribution in [-0.4, -0.2) is 20.5 Å². The van der Waals surface area contributed by atoms with E-state index in [0.717, 1.165) is 0 Å². The maximum Gasteiger partial charge on any atom is 0.279 e. The van der Waals surface area contributed by atoms with Crippen LogP contribution in [0.3, 0.4) is 0 Å². The molecular formula is C23H15N3O4. The van der Waals surface area contributed by atoms with Crippen molar-refractivity contribution in [3.63, 3.8) is 0 Å². The highest BCUT2D eigenvalue weighted by molar-refractivity contribution is 6.08. The van der Waals surface area contributed by atoms with Crippen molar-refractivity contribution in [1.82, 2.24) is 9.78 Å². The van der Waals surface area contributed by atoms with Crippen LogP contribution in [0.4, 0.5) is 5.69 Å². The van der Waals surface area contributed by atoms with Crippen molar-refractivity contribution in [2.45, 2.75) is 0 Å². The van der Waals surface area contributed by atoms with Gasteiger partial charge in [-0.3, -0.25) is 19.7 Å². The zero-order chi connectivity index (χ0) is 21.1. The number of nitro groups is 1. The lowest BCUT2D eigenvalue weighted by Gasteiger charge is -2.10. The lowest BCUT2D eigenvalue weighted by Crippen LogP contribution is -2.25. The molecule has 7 heteroatoms. The van der Waals surface area contributed by atoms with Gasteiger partial charge in [-0.15, -0.1) is 0 Å². The fourth-order valence-corrected chi connectivity index (χ4v) is 3.06. The molecule has 0 saturated carbocycles. The quantitative estimate of drug-likeness (QED) is 0.288. The van der Waals surface area contributed by atoms with Gasteiger partial charge in [-0.05, 0) is 35.9 Å². The molecule has 7 nitrogen and oxygen atoms in total. The highest BCUT2D eigenvalue weighted by Crippen LogP contribution is 2.21. The third-order valence-electron chi connectivity index (χ3n) is 4.57. The van der Waals surface area contributed by atoms with Gasteiger partial charge >= 0.3 is 0 Å². The number of rotatable bonds is 5. The van der Waals surface area contributed by atoms with Crippen molar-refractivity contribution >= 4 is 11.5 Å². The Morgan fingerprint density at radius 2 is 1.47 bits per heavy atom. The molecule has 0 N–H and O–H groups in total. The number of ketones is 1. The number of hydrogen-bond acceptors (Lipinski definition) is 5. The molecule has 0 amide bonds. The van der Waals surface area contributed by atoms with E-state index in [0.29, 0.717) is 16.8 Å². The molecular weight excluding hydrogens is 382 g/mol. The fraction of sp³-hybridized carbons (Fsp3) is 0. The molecule has 0 saturated heterocycles. The Balaban J connectivity index is 1.92. The van der Waals surface area contributed by atoms with Crippen LogP contribution in [0.2, 0.25) is 0 Å². The van der Waals surface area contributed by atoms with Gasteiger partial charge in [0.2, 0.25) is 5.78 Å². The maximum atomic E-state index is 13.2. The van der Waals surface area contributed by atoms with E-state index in [1.807, 2.05) is 6.07 Å². The van der Waals surface area contributed by atoms with Crippen LogP contribution >= 0.6 is 0 Å². The Labute approximate surface area is 171 Å². The Morgan fingerprint density at radius 1 is 0.867 bits per heavy atom. The summed E-state index contributed by atoms with van der Waals surface area (Å²) in [7, 11) is 0. The molecule has 0 fully saturated rings. The van der Waals surface area contributed by atoms with Crippen molar-refractivity contribution in [3.8, 4) is 16.8 Å². The largest absolute Gasteiger partial charge is 0.287 e. The van der Waals surface area contributed by atoms with Crippen LogP contribution in [0.5, 0.6) is 0 Å². The molecule has 1 heterocycles. The summed E-state index contributed by atoms with van der Waals surface area (Å²) in [6.45, 7) is 0. The van der Waals surface area contributed by atoms with Gasteiger partial charge in [0.15, 0.2) is 0 Å². The first kappa shape index (κ1) is 18.9. The number of nitrogens with zero attached hydrogens (tertiary/aromatic N) is 3. The first-order valence-electron chi connectivity index (χ1n) is 9.09. The van der Waals surface area contributed by atoms with Gasteiger partial charge < -0.3 is 0 Å². The molecule has 0 atom stereocenters. The van der Waals surface area contributed by atoms with E-state index in [1.54, 1.807) is 54.6 Å². The van der Waals surface area contributed by atoms with Crippen LogP contribution in [0.1, 0.15) is 16.1 Å². The van der Waals surface area contributed by atoms with E-state index >= 15 is 0 Å². The summed E-state index contributed by atoms with van der Waals surface area (Å²) in [5.74, 6) is -0.330.